The first-order valence-electron chi connectivity index (χ1n) is 6.43. The zero-order chi connectivity index (χ0) is 15.5. The van der Waals surface area contributed by atoms with Crippen molar-refractivity contribution in [2.45, 2.75) is 11.8 Å². The predicted molar refractivity (Wildman–Crippen MR) is 77.4 cm³/mol. The third-order valence-corrected chi connectivity index (χ3v) is 3.92. The first kappa shape index (κ1) is 15.9. The van der Waals surface area contributed by atoms with E-state index < -0.39 is 30.3 Å². The fourth-order valence-electron chi connectivity index (χ4n) is 2.36. The van der Waals surface area contributed by atoms with Crippen LogP contribution in [0, 0.1) is 11.6 Å². The Labute approximate surface area is 126 Å². The van der Waals surface area contributed by atoms with Gasteiger partial charge in [0.1, 0.15) is 11.6 Å². The van der Waals surface area contributed by atoms with E-state index in [-0.39, 0.29) is 12.0 Å². The van der Waals surface area contributed by atoms with Gasteiger partial charge in [0.15, 0.2) is 0 Å². The molecule has 2 aromatic rings. The summed E-state index contributed by atoms with van der Waals surface area (Å²) < 4.78 is 27.1. The van der Waals surface area contributed by atoms with E-state index in [0.717, 1.165) is 18.2 Å². The van der Waals surface area contributed by atoms with Crippen LogP contribution < -0.4 is 0 Å². The predicted octanol–water partition coefficient (Wildman–Crippen LogP) is 3.08. The minimum Gasteiger partial charge on any atom is -0.395 e. The highest BCUT2D eigenvalue weighted by atomic mass is 35.5. The van der Waals surface area contributed by atoms with Crippen LogP contribution >= 0.6 is 11.6 Å². The molecule has 0 unspecified atom stereocenters. The summed E-state index contributed by atoms with van der Waals surface area (Å²) in [7, 11) is 0. The van der Waals surface area contributed by atoms with E-state index in [1.54, 1.807) is 24.3 Å². The summed E-state index contributed by atoms with van der Waals surface area (Å²) in [5, 5.41) is 19.8. The second-order valence-corrected chi connectivity index (χ2v) is 5.40. The van der Waals surface area contributed by atoms with Gasteiger partial charge < -0.3 is 10.2 Å². The standard InChI is InChI=1S/C16H15ClF2O2/c17-14-4-2-1-3-13(14)16(9-20,10-21)8-11-7-12(18)5-6-15(11)19/h1-7,20-21H,8-10H2. The van der Waals surface area contributed by atoms with Crippen LogP contribution in [0.4, 0.5) is 8.78 Å². The summed E-state index contributed by atoms with van der Waals surface area (Å²) in [6.07, 6.45) is -0.0622. The SMILES string of the molecule is OCC(CO)(Cc1cc(F)ccc1F)c1ccccc1Cl. The fourth-order valence-corrected chi connectivity index (χ4v) is 2.70. The first-order valence-corrected chi connectivity index (χ1v) is 6.81. The maximum Gasteiger partial charge on any atom is 0.126 e. The maximum absolute atomic E-state index is 13.8. The Kier molecular flexibility index (Phi) is 4.93. The van der Waals surface area contributed by atoms with E-state index in [1.165, 1.54) is 0 Å². The van der Waals surface area contributed by atoms with E-state index in [9.17, 15) is 19.0 Å². The lowest BCUT2D eigenvalue weighted by atomic mass is 9.76. The number of aliphatic hydroxyl groups excluding tert-OH is 2. The second-order valence-electron chi connectivity index (χ2n) is 4.99. The highest BCUT2D eigenvalue weighted by molar-refractivity contribution is 6.31. The van der Waals surface area contributed by atoms with Crippen LogP contribution in [0.25, 0.3) is 0 Å². The first-order chi connectivity index (χ1) is 10.0. The highest BCUT2D eigenvalue weighted by Gasteiger charge is 2.34. The van der Waals surface area contributed by atoms with E-state index in [0.29, 0.717) is 10.6 Å². The molecule has 0 aromatic heterocycles. The lowest BCUT2D eigenvalue weighted by molar-refractivity contribution is 0.115. The number of aliphatic hydroxyl groups is 2. The quantitative estimate of drug-likeness (QED) is 0.891. The van der Waals surface area contributed by atoms with Gasteiger partial charge in [-0.25, -0.2) is 8.78 Å². The molecule has 2 aromatic carbocycles. The number of halogens is 3. The smallest absolute Gasteiger partial charge is 0.126 e. The maximum atomic E-state index is 13.8. The summed E-state index contributed by atoms with van der Waals surface area (Å²) in [5.41, 5.74) is -0.592. The summed E-state index contributed by atoms with van der Waals surface area (Å²) in [6.45, 7) is -0.883. The van der Waals surface area contributed by atoms with E-state index in [4.69, 9.17) is 11.6 Å². The van der Waals surface area contributed by atoms with Gasteiger partial charge in [0.25, 0.3) is 0 Å². The Morgan fingerprint density at radius 1 is 1.00 bits per heavy atom. The highest BCUT2D eigenvalue weighted by Crippen LogP contribution is 2.33. The molecule has 0 fully saturated rings. The molecule has 0 saturated carbocycles. The summed E-state index contributed by atoms with van der Waals surface area (Å²) in [4.78, 5) is 0. The van der Waals surface area contributed by atoms with Crippen LogP contribution in [0.3, 0.4) is 0 Å². The Morgan fingerprint density at radius 3 is 2.29 bits per heavy atom. The third kappa shape index (κ3) is 3.23. The summed E-state index contributed by atoms with van der Waals surface area (Å²) in [5.74, 6) is -1.16. The van der Waals surface area contributed by atoms with Gasteiger partial charge in [-0.1, -0.05) is 29.8 Å². The molecular formula is C16H15ClF2O2. The summed E-state index contributed by atoms with van der Waals surface area (Å²) in [6, 6.07) is 9.82. The van der Waals surface area contributed by atoms with Crippen molar-refractivity contribution in [2.75, 3.05) is 13.2 Å². The summed E-state index contributed by atoms with van der Waals surface area (Å²) >= 11 is 6.11. The third-order valence-electron chi connectivity index (χ3n) is 3.59. The molecule has 0 bridgehead atoms. The van der Waals surface area contributed by atoms with Crippen molar-refractivity contribution in [1.82, 2.24) is 0 Å². The molecule has 0 amide bonds. The zero-order valence-corrected chi connectivity index (χ0v) is 11.9. The molecule has 0 aliphatic carbocycles. The lowest BCUT2D eigenvalue weighted by Crippen LogP contribution is -2.38. The minimum atomic E-state index is -1.17. The Hall–Kier alpha value is -1.49. The average Bonchev–Trinajstić information content (AvgIpc) is 2.49. The largest absolute Gasteiger partial charge is 0.395 e. The molecule has 112 valence electrons. The molecule has 0 spiro atoms. The van der Waals surface area contributed by atoms with Crippen LogP contribution in [-0.2, 0) is 11.8 Å². The Bertz CT molecular complexity index is 627. The minimum absolute atomic E-state index is 0.0622. The number of rotatable bonds is 5. The van der Waals surface area contributed by atoms with Gasteiger partial charge in [-0.3, -0.25) is 0 Å². The van der Waals surface area contributed by atoms with Crippen molar-refractivity contribution >= 4 is 11.6 Å². The fraction of sp³-hybridized carbons (Fsp3) is 0.250. The van der Waals surface area contributed by atoms with Crippen molar-refractivity contribution in [2.24, 2.45) is 0 Å². The Morgan fingerprint density at radius 2 is 1.67 bits per heavy atom. The molecule has 0 aliphatic heterocycles. The monoisotopic (exact) mass is 312 g/mol. The van der Waals surface area contributed by atoms with E-state index >= 15 is 0 Å². The topological polar surface area (TPSA) is 40.5 Å². The molecule has 2 nitrogen and oxygen atoms in total. The van der Waals surface area contributed by atoms with Gasteiger partial charge in [-0.2, -0.15) is 0 Å². The van der Waals surface area contributed by atoms with Crippen molar-refractivity contribution in [3.63, 3.8) is 0 Å². The van der Waals surface area contributed by atoms with Crippen LogP contribution in [0.2, 0.25) is 5.02 Å². The molecular weight excluding hydrogens is 298 g/mol. The van der Waals surface area contributed by atoms with E-state index in [2.05, 4.69) is 0 Å². The number of hydrogen-bond acceptors (Lipinski definition) is 2. The molecule has 5 heteroatoms. The number of benzene rings is 2. The molecule has 0 radical (unpaired) electrons. The van der Waals surface area contributed by atoms with Crippen molar-refractivity contribution in [3.8, 4) is 0 Å². The van der Waals surface area contributed by atoms with Crippen LogP contribution in [0.5, 0.6) is 0 Å². The molecule has 0 aliphatic rings. The van der Waals surface area contributed by atoms with Crippen molar-refractivity contribution in [3.05, 3.63) is 70.2 Å². The van der Waals surface area contributed by atoms with Crippen LogP contribution in [0.1, 0.15) is 11.1 Å². The Balaban J connectivity index is 2.48. The molecule has 0 heterocycles. The van der Waals surface area contributed by atoms with Gasteiger partial charge in [-0.05, 0) is 41.8 Å². The molecule has 2 N–H and O–H groups in total. The van der Waals surface area contributed by atoms with E-state index in [1.807, 2.05) is 0 Å². The molecule has 21 heavy (non-hydrogen) atoms. The van der Waals surface area contributed by atoms with Gasteiger partial charge in [0, 0.05) is 10.4 Å². The van der Waals surface area contributed by atoms with Crippen LogP contribution in [-0.4, -0.2) is 23.4 Å². The van der Waals surface area contributed by atoms with Crippen molar-refractivity contribution < 1.29 is 19.0 Å². The number of hydrogen-bond donors (Lipinski definition) is 2. The van der Waals surface area contributed by atoms with Gasteiger partial charge in [-0.15, -0.1) is 0 Å². The molecule has 0 saturated heterocycles. The van der Waals surface area contributed by atoms with Gasteiger partial charge >= 0.3 is 0 Å². The molecule has 2 rings (SSSR count). The van der Waals surface area contributed by atoms with Crippen LogP contribution in [0.15, 0.2) is 42.5 Å². The normalized spacial score (nSPS) is 11.7. The zero-order valence-electron chi connectivity index (χ0n) is 11.2. The van der Waals surface area contributed by atoms with Gasteiger partial charge in [0.2, 0.25) is 0 Å². The lowest BCUT2D eigenvalue weighted by Gasteiger charge is -2.31. The second kappa shape index (κ2) is 6.52. The van der Waals surface area contributed by atoms with Crippen molar-refractivity contribution in [1.29, 1.82) is 0 Å². The van der Waals surface area contributed by atoms with Gasteiger partial charge in [0.05, 0.1) is 13.2 Å². The molecule has 0 atom stereocenters. The average molecular weight is 313 g/mol.